The van der Waals surface area contributed by atoms with Gasteiger partial charge in [0.2, 0.25) is 0 Å². The Morgan fingerprint density at radius 3 is 2.48 bits per heavy atom. The minimum absolute atomic E-state index is 0.000106. The molecular formula is C18H19N3OS. The van der Waals surface area contributed by atoms with Gasteiger partial charge in [-0.15, -0.1) is 0 Å². The van der Waals surface area contributed by atoms with Crippen LogP contribution in [0, 0.1) is 13.8 Å². The van der Waals surface area contributed by atoms with Crippen LogP contribution in [-0.4, -0.2) is 34.6 Å². The summed E-state index contributed by atoms with van der Waals surface area (Å²) in [5.41, 5.74) is 4.46. The van der Waals surface area contributed by atoms with Crippen LogP contribution < -0.4 is 0 Å². The monoisotopic (exact) mass is 325 g/mol. The van der Waals surface area contributed by atoms with E-state index < -0.39 is 0 Å². The Balaban J connectivity index is 2.03. The van der Waals surface area contributed by atoms with E-state index in [0.717, 1.165) is 27.8 Å². The molecule has 0 radical (unpaired) electrons. The van der Waals surface area contributed by atoms with Crippen molar-refractivity contribution < 1.29 is 4.79 Å². The summed E-state index contributed by atoms with van der Waals surface area (Å²) in [7, 11) is 3.46. The summed E-state index contributed by atoms with van der Waals surface area (Å²) in [6, 6.07) is 12.4. The van der Waals surface area contributed by atoms with E-state index in [4.69, 9.17) is 0 Å². The Morgan fingerprint density at radius 1 is 1.17 bits per heavy atom. The Bertz CT molecular complexity index is 818. The number of amides is 1. The topological polar surface area (TPSA) is 37.6 Å². The largest absolute Gasteiger partial charge is 0.318 e. The third kappa shape index (κ3) is 2.72. The van der Waals surface area contributed by atoms with E-state index in [1.54, 1.807) is 19.0 Å². The quantitative estimate of drug-likeness (QED) is 0.791. The summed E-state index contributed by atoms with van der Waals surface area (Å²) in [5.74, 6) is 0.000106. The SMILES string of the molecule is CN=C1S/C(=C\c2cc(C)n(-c3ccccc3)c2C)C(=O)N1C. The Labute approximate surface area is 140 Å². The van der Waals surface area contributed by atoms with Crippen molar-refractivity contribution in [3.05, 3.63) is 58.3 Å². The smallest absolute Gasteiger partial charge is 0.266 e. The van der Waals surface area contributed by atoms with E-state index in [2.05, 4.69) is 41.6 Å². The van der Waals surface area contributed by atoms with E-state index in [-0.39, 0.29) is 5.91 Å². The number of rotatable bonds is 2. The van der Waals surface area contributed by atoms with Crippen molar-refractivity contribution in [1.82, 2.24) is 9.47 Å². The number of likely N-dealkylation sites (N-methyl/N-ethyl adjacent to an activating group) is 1. The van der Waals surface area contributed by atoms with Gasteiger partial charge in [-0.25, -0.2) is 0 Å². The van der Waals surface area contributed by atoms with Crippen molar-refractivity contribution in [3.63, 3.8) is 0 Å². The van der Waals surface area contributed by atoms with Crippen LogP contribution in [0.3, 0.4) is 0 Å². The van der Waals surface area contributed by atoms with E-state index >= 15 is 0 Å². The lowest BCUT2D eigenvalue weighted by Gasteiger charge is -2.09. The van der Waals surface area contributed by atoms with Gasteiger partial charge in [-0.3, -0.25) is 14.7 Å². The molecule has 5 heteroatoms. The Hall–Kier alpha value is -2.27. The second-order valence-corrected chi connectivity index (χ2v) is 6.49. The fourth-order valence-electron chi connectivity index (χ4n) is 2.80. The van der Waals surface area contributed by atoms with Crippen LogP contribution in [0.1, 0.15) is 17.0 Å². The molecule has 2 heterocycles. The van der Waals surface area contributed by atoms with Gasteiger partial charge in [0.1, 0.15) is 0 Å². The normalized spacial score (nSPS) is 18.4. The molecule has 1 aromatic heterocycles. The minimum Gasteiger partial charge on any atom is -0.318 e. The number of carbonyl (C=O) groups is 1. The van der Waals surface area contributed by atoms with E-state index in [1.165, 1.54) is 11.8 Å². The molecule has 23 heavy (non-hydrogen) atoms. The zero-order valence-electron chi connectivity index (χ0n) is 13.7. The van der Waals surface area contributed by atoms with Crippen molar-refractivity contribution in [2.24, 2.45) is 4.99 Å². The maximum absolute atomic E-state index is 12.3. The van der Waals surface area contributed by atoms with Crippen LogP contribution in [0.4, 0.5) is 0 Å². The first-order valence-electron chi connectivity index (χ1n) is 7.41. The number of benzene rings is 1. The number of para-hydroxylation sites is 1. The second kappa shape index (κ2) is 6.08. The highest BCUT2D eigenvalue weighted by molar-refractivity contribution is 8.18. The molecule has 1 fully saturated rings. The van der Waals surface area contributed by atoms with Crippen molar-refractivity contribution >= 4 is 28.9 Å². The van der Waals surface area contributed by atoms with Gasteiger partial charge in [-0.1, -0.05) is 18.2 Å². The average molecular weight is 325 g/mol. The lowest BCUT2D eigenvalue weighted by atomic mass is 10.2. The van der Waals surface area contributed by atoms with Gasteiger partial charge in [0, 0.05) is 31.2 Å². The van der Waals surface area contributed by atoms with Crippen LogP contribution in [0.25, 0.3) is 11.8 Å². The van der Waals surface area contributed by atoms with Crippen molar-refractivity contribution in [1.29, 1.82) is 0 Å². The van der Waals surface area contributed by atoms with E-state index in [1.807, 2.05) is 24.3 Å². The number of hydrogen-bond donors (Lipinski definition) is 0. The summed E-state index contributed by atoms with van der Waals surface area (Å²) in [5, 5.41) is 0.734. The molecular weight excluding hydrogens is 306 g/mol. The zero-order valence-corrected chi connectivity index (χ0v) is 14.5. The molecule has 118 valence electrons. The Kier molecular flexibility index (Phi) is 4.13. The van der Waals surface area contributed by atoms with Crippen molar-refractivity contribution in [2.75, 3.05) is 14.1 Å². The van der Waals surface area contributed by atoms with Crippen LogP contribution in [0.5, 0.6) is 0 Å². The van der Waals surface area contributed by atoms with Crippen molar-refractivity contribution in [2.45, 2.75) is 13.8 Å². The number of thioether (sulfide) groups is 1. The lowest BCUT2D eigenvalue weighted by molar-refractivity contribution is -0.121. The van der Waals surface area contributed by atoms with Gasteiger partial charge in [0.15, 0.2) is 5.17 Å². The molecule has 0 unspecified atom stereocenters. The summed E-state index contributed by atoms with van der Waals surface area (Å²) in [6.07, 6.45) is 1.96. The first-order valence-corrected chi connectivity index (χ1v) is 8.23. The van der Waals surface area contributed by atoms with Crippen LogP contribution >= 0.6 is 11.8 Å². The molecule has 0 spiro atoms. The molecule has 1 aromatic carbocycles. The van der Waals surface area contributed by atoms with E-state index in [0.29, 0.717) is 4.91 Å². The second-order valence-electron chi connectivity index (χ2n) is 5.48. The fraction of sp³-hybridized carbons (Fsp3) is 0.222. The number of aryl methyl sites for hydroxylation is 1. The zero-order chi connectivity index (χ0) is 16.6. The van der Waals surface area contributed by atoms with Gasteiger partial charge >= 0.3 is 0 Å². The number of amidine groups is 1. The first-order chi connectivity index (χ1) is 11.0. The third-order valence-electron chi connectivity index (χ3n) is 3.97. The molecule has 0 aliphatic carbocycles. The van der Waals surface area contributed by atoms with Gasteiger partial charge in [-0.05, 0) is 55.4 Å². The minimum atomic E-state index is 0.000106. The first kappa shape index (κ1) is 15.6. The maximum atomic E-state index is 12.3. The molecule has 1 saturated heterocycles. The number of nitrogens with zero attached hydrogens (tertiary/aromatic N) is 3. The number of carbonyl (C=O) groups excluding carboxylic acids is 1. The van der Waals surface area contributed by atoms with Crippen LogP contribution in [0.15, 0.2) is 46.3 Å². The summed E-state index contributed by atoms with van der Waals surface area (Å²) >= 11 is 1.42. The number of aromatic nitrogens is 1. The van der Waals surface area contributed by atoms with Crippen LogP contribution in [0.2, 0.25) is 0 Å². The molecule has 3 rings (SSSR count). The molecule has 0 atom stereocenters. The highest BCUT2D eigenvalue weighted by Crippen LogP contribution is 2.32. The average Bonchev–Trinajstić information content (AvgIpc) is 2.99. The third-order valence-corrected chi connectivity index (χ3v) is 5.12. The molecule has 0 N–H and O–H groups in total. The molecule has 1 aliphatic heterocycles. The highest BCUT2D eigenvalue weighted by atomic mass is 32.2. The maximum Gasteiger partial charge on any atom is 0.266 e. The van der Waals surface area contributed by atoms with Gasteiger partial charge in [0.05, 0.1) is 4.91 Å². The summed E-state index contributed by atoms with van der Waals surface area (Å²) in [6.45, 7) is 4.16. The molecule has 4 nitrogen and oxygen atoms in total. The van der Waals surface area contributed by atoms with Crippen molar-refractivity contribution in [3.8, 4) is 5.69 Å². The van der Waals surface area contributed by atoms with Gasteiger partial charge in [0.25, 0.3) is 5.91 Å². The standard InChI is InChI=1S/C18H19N3OS/c1-12-10-14(11-16-17(22)20(4)18(19-3)23-16)13(2)21(12)15-8-6-5-7-9-15/h5-11H,1-4H3/b16-11-,19-18?. The Morgan fingerprint density at radius 2 is 1.87 bits per heavy atom. The molecule has 1 amide bonds. The van der Waals surface area contributed by atoms with Crippen LogP contribution in [-0.2, 0) is 4.79 Å². The predicted octanol–water partition coefficient (Wildman–Crippen LogP) is 3.63. The molecule has 2 aromatic rings. The number of aliphatic imine (C=N–C) groups is 1. The van der Waals surface area contributed by atoms with Gasteiger partial charge in [-0.2, -0.15) is 0 Å². The molecule has 0 saturated carbocycles. The summed E-state index contributed by atoms with van der Waals surface area (Å²) in [4.78, 5) is 18.7. The van der Waals surface area contributed by atoms with Gasteiger partial charge < -0.3 is 4.57 Å². The summed E-state index contributed by atoms with van der Waals surface area (Å²) < 4.78 is 2.20. The number of hydrogen-bond acceptors (Lipinski definition) is 3. The van der Waals surface area contributed by atoms with E-state index in [9.17, 15) is 4.79 Å². The highest BCUT2D eigenvalue weighted by Gasteiger charge is 2.30. The molecule has 1 aliphatic rings. The lowest BCUT2D eigenvalue weighted by Crippen LogP contribution is -2.23. The molecule has 0 bridgehead atoms. The fourth-order valence-corrected chi connectivity index (χ4v) is 3.72. The predicted molar refractivity (Wildman–Crippen MR) is 96.9 cm³/mol.